The van der Waals surface area contributed by atoms with Gasteiger partial charge in [0, 0.05) is 11.8 Å². The maximum absolute atomic E-state index is 13.5. The molecule has 0 amide bonds. The Morgan fingerprint density at radius 1 is 0.958 bits per heavy atom. The van der Waals surface area contributed by atoms with Crippen molar-refractivity contribution < 1.29 is 136 Å². The minimum absolute atomic E-state index is 0. The van der Waals surface area contributed by atoms with Crippen molar-refractivity contribution in [1.29, 1.82) is 0 Å². The molecule has 0 aromatic heterocycles. The Morgan fingerprint density at radius 2 is 1.60 bits per heavy atom. The van der Waals surface area contributed by atoms with E-state index in [4.69, 9.17) is 47.2 Å². The fourth-order valence-electron chi connectivity index (χ4n) is 6.98. The zero-order valence-electron chi connectivity index (χ0n) is 26.8. The smallest absolute Gasteiger partial charge is 0.867 e. The Balaban J connectivity index is 0.00000225. The van der Waals surface area contributed by atoms with Gasteiger partial charge in [-0.3, -0.25) is 9.36 Å². The van der Waals surface area contributed by atoms with Crippen molar-refractivity contribution in [3.05, 3.63) is 41.0 Å². The van der Waals surface area contributed by atoms with E-state index in [2.05, 4.69) is 0 Å². The van der Waals surface area contributed by atoms with Crippen LogP contribution in [0.4, 0.5) is 0 Å². The molecule has 4 heterocycles. The molecule has 16 nitrogen and oxygen atoms in total. The number of hydrogen-bond acceptors (Lipinski definition) is 15. The Morgan fingerprint density at radius 3 is 2.23 bits per heavy atom. The molecule has 3 saturated heterocycles. The Bertz CT molecular complexity index is 1550. The number of rotatable bonds is 7. The third kappa shape index (κ3) is 6.88. The maximum atomic E-state index is 13.5. The number of fused-ring (bicyclic) bond motifs is 4. The number of aliphatic hydroxyl groups is 1. The Labute approximate surface area is 319 Å². The van der Waals surface area contributed by atoms with Crippen LogP contribution in [-0.4, -0.2) is 87.2 Å². The van der Waals surface area contributed by atoms with Gasteiger partial charge >= 0.3 is 65.1 Å². The normalized spacial score (nSPS) is 34.2. The van der Waals surface area contributed by atoms with Gasteiger partial charge in [-0.25, -0.2) is 0 Å². The average molecular weight is 713 g/mol. The van der Waals surface area contributed by atoms with Gasteiger partial charge in [0.15, 0.2) is 24.1 Å². The number of methoxy groups -OCH3 is 2. The molecule has 7 rings (SSSR count). The monoisotopic (exact) mass is 712 g/mol. The van der Waals surface area contributed by atoms with Gasteiger partial charge in [-0.1, -0.05) is 0 Å². The molecule has 48 heavy (non-hydrogen) atoms. The molecule has 0 radical (unpaired) electrons. The molecule has 250 valence electrons. The van der Waals surface area contributed by atoms with Crippen molar-refractivity contribution >= 4 is 13.8 Å². The standard InChI is InChI=1S/C29H33O16P.2Na/c1-11-38-9-20-26(42-11)27(45-46(33,34)35)24(31)29(43-20)44-25-14-7-17-16(40-10-41-17)6-13(14)21(22-15(25)8-39-28(22)32)12-4-18(36-2)23(30)19(5-12)37-3;;/h4-7,11,15,20-22,24-27,29-31H,8-10H2,1-3H3,(H2,33,34,35);;/q;2*+1/p-2/t11-,15+,20-,21-,22+,24-,25-,26-,27-,29+;;/m1../s1. The van der Waals surface area contributed by atoms with Crippen LogP contribution in [0.3, 0.4) is 0 Å². The summed E-state index contributed by atoms with van der Waals surface area (Å²) < 4.78 is 67.9. The van der Waals surface area contributed by atoms with Crippen LogP contribution >= 0.6 is 7.82 Å². The largest absolute Gasteiger partial charge is 1.00 e. The van der Waals surface area contributed by atoms with E-state index in [-0.39, 0.29) is 90.6 Å². The number of carbonyl (C=O) groups excluding carboxylic acids is 1. The van der Waals surface area contributed by atoms with Gasteiger partial charge in [0.2, 0.25) is 6.79 Å². The molecule has 4 aliphatic heterocycles. The van der Waals surface area contributed by atoms with Crippen LogP contribution in [0.15, 0.2) is 24.3 Å². The SMILES string of the molecule is COc1cc([C@@H]2c3cc4c(cc3[C@@H](O[C@@H]3O[C@@H]5CO[C@@H](C)O[C@H]5[C@H](OP(=O)([O-])O)[C@H]3O)[C@H]3COC(=O)[C@H]23)OCO4)cc(OC)c1[O-].[Na+].[Na+]. The second kappa shape index (κ2) is 14.8. The predicted octanol–water partition coefficient (Wildman–Crippen LogP) is -5.80. The zero-order chi connectivity index (χ0) is 32.5. The van der Waals surface area contributed by atoms with Crippen LogP contribution in [0.2, 0.25) is 0 Å². The van der Waals surface area contributed by atoms with Gasteiger partial charge in [-0.2, -0.15) is 0 Å². The summed E-state index contributed by atoms with van der Waals surface area (Å²) in [7, 11) is -2.65. The minimum Gasteiger partial charge on any atom is -0.867 e. The molecule has 5 aliphatic rings. The van der Waals surface area contributed by atoms with E-state index < -0.39 is 80.4 Å². The van der Waals surface area contributed by atoms with E-state index in [1.54, 1.807) is 31.2 Å². The number of carbonyl (C=O) groups is 1. The molecule has 2 N–H and O–H groups in total. The third-order valence-corrected chi connectivity index (χ3v) is 9.47. The molecule has 2 aromatic carbocycles. The zero-order valence-corrected chi connectivity index (χ0v) is 31.7. The molecule has 0 spiro atoms. The third-order valence-electron chi connectivity index (χ3n) is 8.96. The molecular weight excluding hydrogens is 681 g/mol. The summed E-state index contributed by atoms with van der Waals surface area (Å²) in [5.74, 6) is -2.34. The van der Waals surface area contributed by atoms with Crippen molar-refractivity contribution in [2.24, 2.45) is 11.8 Å². The van der Waals surface area contributed by atoms with Gasteiger partial charge in [0.25, 0.3) is 7.82 Å². The second-order valence-electron chi connectivity index (χ2n) is 11.5. The van der Waals surface area contributed by atoms with Crippen LogP contribution < -0.4 is 88.1 Å². The maximum Gasteiger partial charge on any atom is 1.00 e. The van der Waals surface area contributed by atoms with E-state index in [9.17, 15) is 29.4 Å². The van der Waals surface area contributed by atoms with Crippen LogP contribution in [-0.2, 0) is 37.6 Å². The average Bonchev–Trinajstić information content (AvgIpc) is 3.64. The summed E-state index contributed by atoms with van der Waals surface area (Å²) >= 11 is 0. The molecule has 1 unspecified atom stereocenters. The molecule has 1 aliphatic carbocycles. The quantitative estimate of drug-likeness (QED) is 0.156. The number of ether oxygens (including phenoxy) is 9. The van der Waals surface area contributed by atoms with E-state index >= 15 is 0 Å². The number of phosphoric acid groups is 1. The fourth-order valence-corrected chi connectivity index (χ4v) is 7.53. The number of esters is 1. The fraction of sp³-hybridized carbons (Fsp3) is 0.552. The van der Waals surface area contributed by atoms with E-state index in [1.165, 1.54) is 14.2 Å². The Kier molecular flexibility index (Phi) is 11.7. The van der Waals surface area contributed by atoms with Crippen LogP contribution in [0.5, 0.6) is 28.7 Å². The van der Waals surface area contributed by atoms with Crippen LogP contribution in [0, 0.1) is 11.8 Å². The molecule has 3 fully saturated rings. The summed E-state index contributed by atoms with van der Waals surface area (Å²) in [5.41, 5.74) is 1.64. The molecule has 0 saturated carbocycles. The summed E-state index contributed by atoms with van der Waals surface area (Å²) in [6, 6.07) is 6.51. The Hall–Kier alpha value is -1.18. The number of phosphoric ester groups is 1. The number of hydrogen-bond donors (Lipinski definition) is 2. The first kappa shape index (κ1) is 38.1. The molecule has 11 atom stereocenters. The topological polar surface area (TPSA) is 213 Å². The van der Waals surface area contributed by atoms with Crippen LogP contribution in [0.25, 0.3) is 0 Å². The van der Waals surface area contributed by atoms with E-state index in [0.717, 1.165) is 0 Å². The van der Waals surface area contributed by atoms with Crippen molar-refractivity contribution in [3.8, 4) is 28.7 Å². The van der Waals surface area contributed by atoms with E-state index in [0.29, 0.717) is 28.2 Å². The number of aliphatic hydroxyl groups excluding tert-OH is 1. The van der Waals surface area contributed by atoms with Gasteiger partial charge in [0.1, 0.15) is 35.9 Å². The first-order valence-corrected chi connectivity index (χ1v) is 16.0. The summed E-state index contributed by atoms with van der Waals surface area (Å²) in [6.45, 7) is 1.40. The van der Waals surface area contributed by atoms with E-state index in [1.807, 2.05) is 0 Å². The minimum atomic E-state index is -5.35. The first-order chi connectivity index (χ1) is 22.0. The van der Waals surface area contributed by atoms with Gasteiger partial charge < -0.3 is 67.2 Å². The van der Waals surface area contributed by atoms with Crippen LogP contribution in [0.1, 0.15) is 35.6 Å². The van der Waals surface area contributed by atoms with Gasteiger partial charge in [-0.05, 0) is 53.6 Å². The van der Waals surface area contributed by atoms with Gasteiger partial charge in [0.05, 0.1) is 39.5 Å². The van der Waals surface area contributed by atoms with Crippen molar-refractivity contribution in [2.45, 2.75) is 55.9 Å². The predicted molar refractivity (Wildman–Crippen MR) is 145 cm³/mol. The number of benzene rings is 2. The van der Waals surface area contributed by atoms with Crippen molar-refractivity contribution in [1.82, 2.24) is 0 Å². The van der Waals surface area contributed by atoms with Crippen molar-refractivity contribution in [2.75, 3.05) is 34.2 Å². The summed E-state index contributed by atoms with van der Waals surface area (Å²) in [5, 5.41) is 24.1. The molecule has 0 bridgehead atoms. The molecule has 2 aromatic rings. The molecular formula is C29H31Na2O16P. The summed E-state index contributed by atoms with van der Waals surface area (Å²) in [4.78, 5) is 34.8. The molecule has 19 heteroatoms. The van der Waals surface area contributed by atoms with Gasteiger partial charge in [-0.15, -0.1) is 0 Å². The summed E-state index contributed by atoms with van der Waals surface area (Å²) in [6.07, 6.45) is -8.74. The second-order valence-corrected chi connectivity index (χ2v) is 12.7. The first-order valence-electron chi connectivity index (χ1n) is 14.5. The number of cyclic esters (lactones) is 1. The van der Waals surface area contributed by atoms with Crippen molar-refractivity contribution in [3.63, 3.8) is 0 Å².